The number of hydrogen-bond acceptors (Lipinski definition) is 4. The maximum absolute atomic E-state index is 12.2. The summed E-state index contributed by atoms with van der Waals surface area (Å²) in [5, 5.41) is 1.80. The standard InChI is InChI=1S/C11H20N2O2S2/c1-3-4-5-6-13(2)17(14,15)11-7-10(8-12)9-16-11/h7,9H,3-6,8,12H2,1-2H3. The van der Waals surface area contributed by atoms with Crippen molar-refractivity contribution in [2.45, 2.75) is 36.9 Å². The van der Waals surface area contributed by atoms with E-state index in [9.17, 15) is 8.42 Å². The molecule has 0 spiro atoms. The third-order valence-electron chi connectivity index (χ3n) is 2.61. The second-order valence-corrected chi connectivity index (χ2v) is 7.19. The van der Waals surface area contributed by atoms with Gasteiger partial charge in [0.05, 0.1) is 0 Å². The molecule has 0 radical (unpaired) electrons. The van der Waals surface area contributed by atoms with Gasteiger partial charge in [0, 0.05) is 20.1 Å². The van der Waals surface area contributed by atoms with Crippen LogP contribution in [0.25, 0.3) is 0 Å². The summed E-state index contributed by atoms with van der Waals surface area (Å²) in [7, 11) is -1.68. The highest BCUT2D eigenvalue weighted by atomic mass is 32.2. The Bertz CT molecular complexity index is 440. The molecule has 0 fully saturated rings. The minimum absolute atomic E-state index is 0.381. The number of thiophene rings is 1. The van der Waals surface area contributed by atoms with Crippen molar-refractivity contribution in [2.24, 2.45) is 5.73 Å². The second kappa shape index (κ2) is 6.49. The first-order valence-electron chi connectivity index (χ1n) is 5.76. The summed E-state index contributed by atoms with van der Waals surface area (Å²) in [4.78, 5) is 0. The van der Waals surface area contributed by atoms with Gasteiger partial charge in [-0.25, -0.2) is 12.7 Å². The predicted octanol–water partition coefficient (Wildman–Crippen LogP) is 2.02. The first-order valence-corrected chi connectivity index (χ1v) is 8.08. The predicted molar refractivity (Wildman–Crippen MR) is 71.6 cm³/mol. The Hall–Kier alpha value is -0.430. The zero-order valence-corrected chi connectivity index (χ0v) is 12.0. The third-order valence-corrected chi connectivity index (χ3v) is 5.93. The molecule has 0 aliphatic heterocycles. The molecular weight excluding hydrogens is 256 g/mol. The molecule has 0 bridgehead atoms. The molecule has 0 unspecified atom stereocenters. The molecule has 0 saturated carbocycles. The summed E-state index contributed by atoms with van der Waals surface area (Å²) in [6.07, 6.45) is 3.05. The van der Waals surface area contributed by atoms with Gasteiger partial charge in [-0.1, -0.05) is 19.8 Å². The van der Waals surface area contributed by atoms with Crippen LogP contribution in [0.2, 0.25) is 0 Å². The van der Waals surface area contributed by atoms with Crippen molar-refractivity contribution >= 4 is 21.4 Å². The molecule has 98 valence electrons. The van der Waals surface area contributed by atoms with Gasteiger partial charge < -0.3 is 5.73 Å². The smallest absolute Gasteiger partial charge is 0.252 e. The monoisotopic (exact) mass is 276 g/mol. The van der Waals surface area contributed by atoms with Gasteiger partial charge in [0.2, 0.25) is 0 Å². The van der Waals surface area contributed by atoms with Crippen LogP contribution in [0, 0.1) is 0 Å². The minimum atomic E-state index is -3.31. The Morgan fingerprint density at radius 2 is 2.12 bits per heavy atom. The zero-order chi connectivity index (χ0) is 12.9. The quantitative estimate of drug-likeness (QED) is 0.775. The van der Waals surface area contributed by atoms with Crippen LogP contribution >= 0.6 is 11.3 Å². The number of hydrogen-bond donors (Lipinski definition) is 1. The van der Waals surface area contributed by atoms with Crippen LogP contribution in [-0.2, 0) is 16.6 Å². The van der Waals surface area contributed by atoms with Gasteiger partial charge in [-0.15, -0.1) is 11.3 Å². The SMILES string of the molecule is CCCCCN(C)S(=O)(=O)c1cc(CN)cs1. The normalized spacial score (nSPS) is 12.2. The number of unbranched alkanes of at least 4 members (excludes halogenated alkanes) is 2. The highest BCUT2D eigenvalue weighted by Crippen LogP contribution is 2.23. The molecule has 0 aliphatic rings. The van der Waals surface area contributed by atoms with Gasteiger partial charge >= 0.3 is 0 Å². The van der Waals surface area contributed by atoms with Crippen LogP contribution in [-0.4, -0.2) is 26.3 Å². The molecule has 0 saturated heterocycles. The fraction of sp³-hybridized carbons (Fsp3) is 0.636. The van der Waals surface area contributed by atoms with Crippen molar-refractivity contribution in [1.29, 1.82) is 0 Å². The summed E-state index contributed by atoms with van der Waals surface area (Å²) >= 11 is 1.24. The molecule has 0 aliphatic carbocycles. The van der Waals surface area contributed by atoms with Crippen LogP contribution in [0.15, 0.2) is 15.7 Å². The summed E-state index contributed by atoms with van der Waals surface area (Å²) in [6, 6.07) is 1.66. The summed E-state index contributed by atoms with van der Waals surface area (Å²) in [6.45, 7) is 3.05. The lowest BCUT2D eigenvalue weighted by Crippen LogP contribution is -2.27. The van der Waals surface area contributed by atoms with Crippen LogP contribution in [0.4, 0.5) is 0 Å². The summed E-state index contributed by atoms with van der Waals surface area (Å²) in [5.74, 6) is 0. The van der Waals surface area contributed by atoms with E-state index in [0.717, 1.165) is 24.8 Å². The van der Waals surface area contributed by atoms with Gasteiger partial charge in [-0.3, -0.25) is 0 Å². The van der Waals surface area contributed by atoms with Crippen molar-refractivity contribution in [1.82, 2.24) is 4.31 Å². The Kier molecular flexibility index (Phi) is 5.58. The van der Waals surface area contributed by atoms with E-state index in [1.165, 1.54) is 15.6 Å². The van der Waals surface area contributed by atoms with E-state index in [2.05, 4.69) is 6.92 Å². The summed E-state index contributed by atoms with van der Waals surface area (Å²) in [5.41, 5.74) is 6.35. The van der Waals surface area contributed by atoms with Crippen molar-refractivity contribution in [3.8, 4) is 0 Å². The first kappa shape index (κ1) is 14.6. The van der Waals surface area contributed by atoms with E-state index in [1.54, 1.807) is 18.5 Å². The Labute approximate surface area is 107 Å². The lowest BCUT2D eigenvalue weighted by Gasteiger charge is -2.15. The van der Waals surface area contributed by atoms with Gasteiger partial charge in [-0.2, -0.15) is 0 Å². The van der Waals surface area contributed by atoms with Crippen LogP contribution in [0.3, 0.4) is 0 Å². The molecule has 1 aromatic heterocycles. The Balaban J connectivity index is 2.73. The van der Waals surface area contributed by atoms with Gasteiger partial charge in [0.25, 0.3) is 10.0 Å². The molecule has 6 heteroatoms. The average molecular weight is 276 g/mol. The maximum atomic E-state index is 12.2. The fourth-order valence-corrected chi connectivity index (χ4v) is 4.09. The van der Waals surface area contributed by atoms with Crippen molar-refractivity contribution in [3.63, 3.8) is 0 Å². The molecule has 0 amide bonds. The summed E-state index contributed by atoms with van der Waals surface area (Å²) < 4.78 is 26.1. The molecular formula is C11H20N2O2S2. The molecule has 1 aromatic rings. The Morgan fingerprint density at radius 3 is 2.65 bits per heavy atom. The number of rotatable bonds is 7. The second-order valence-electron chi connectivity index (χ2n) is 4.01. The van der Waals surface area contributed by atoms with E-state index >= 15 is 0 Å². The minimum Gasteiger partial charge on any atom is -0.326 e. The molecule has 0 aromatic carbocycles. The zero-order valence-electron chi connectivity index (χ0n) is 10.3. The lowest BCUT2D eigenvalue weighted by atomic mass is 10.2. The maximum Gasteiger partial charge on any atom is 0.252 e. The highest BCUT2D eigenvalue weighted by Gasteiger charge is 2.21. The topological polar surface area (TPSA) is 63.4 Å². The van der Waals surface area contributed by atoms with Crippen LogP contribution in [0.5, 0.6) is 0 Å². The molecule has 1 rings (SSSR count). The molecule has 4 nitrogen and oxygen atoms in total. The lowest BCUT2D eigenvalue weighted by molar-refractivity contribution is 0.455. The number of nitrogens with zero attached hydrogens (tertiary/aromatic N) is 1. The van der Waals surface area contributed by atoms with Gasteiger partial charge in [0.15, 0.2) is 0 Å². The van der Waals surface area contributed by atoms with E-state index in [0.29, 0.717) is 17.3 Å². The van der Waals surface area contributed by atoms with Crippen molar-refractivity contribution < 1.29 is 8.42 Å². The van der Waals surface area contributed by atoms with Crippen LogP contribution in [0.1, 0.15) is 31.7 Å². The van der Waals surface area contributed by atoms with Gasteiger partial charge in [-0.05, 0) is 23.4 Å². The molecule has 17 heavy (non-hydrogen) atoms. The van der Waals surface area contributed by atoms with E-state index < -0.39 is 10.0 Å². The number of sulfonamides is 1. The van der Waals surface area contributed by atoms with E-state index in [1.807, 2.05) is 0 Å². The number of nitrogens with two attached hydrogens (primary N) is 1. The highest BCUT2D eigenvalue weighted by molar-refractivity contribution is 7.91. The first-order chi connectivity index (χ1) is 8.02. The third kappa shape index (κ3) is 3.77. The van der Waals surface area contributed by atoms with Crippen molar-refractivity contribution in [3.05, 3.63) is 17.0 Å². The van der Waals surface area contributed by atoms with E-state index in [-0.39, 0.29) is 0 Å². The largest absolute Gasteiger partial charge is 0.326 e. The van der Waals surface area contributed by atoms with E-state index in [4.69, 9.17) is 5.73 Å². The Morgan fingerprint density at radius 1 is 1.41 bits per heavy atom. The van der Waals surface area contributed by atoms with Crippen LogP contribution < -0.4 is 5.73 Å². The average Bonchev–Trinajstić information content (AvgIpc) is 2.78. The molecule has 1 heterocycles. The fourth-order valence-electron chi connectivity index (χ4n) is 1.45. The molecule has 2 N–H and O–H groups in total. The molecule has 0 atom stereocenters. The van der Waals surface area contributed by atoms with Crippen molar-refractivity contribution in [2.75, 3.05) is 13.6 Å². The van der Waals surface area contributed by atoms with Gasteiger partial charge in [0.1, 0.15) is 4.21 Å².